The third-order valence-electron chi connectivity index (χ3n) is 3.46. The van der Waals surface area contributed by atoms with E-state index < -0.39 is 11.5 Å². The van der Waals surface area contributed by atoms with Crippen LogP contribution in [0.5, 0.6) is 0 Å². The molecule has 20 heavy (non-hydrogen) atoms. The molecule has 1 aromatic carbocycles. The van der Waals surface area contributed by atoms with E-state index in [1.165, 1.54) is 0 Å². The number of carboxylic acid groups (broad SMARTS) is 1. The molecule has 0 heterocycles. The monoisotopic (exact) mass is 357 g/mol. The summed E-state index contributed by atoms with van der Waals surface area (Å²) in [6, 6.07) is 8.16. The van der Waals surface area contributed by atoms with Crippen molar-refractivity contribution in [2.45, 2.75) is 43.2 Å². The van der Waals surface area contributed by atoms with Gasteiger partial charge in [-0.3, -0.25) is 10.1 Å². The number of hydrogen-bond acceptors (Lipinski definition) is 3. The van der Waals surface area contributed by atoms with Crippen LogP contribution in [0.1, 0.15) is 26.7 Å². The second-order valence-electron chi connectivity index (χ2n) is 5.60. The number of carboxylic acids is 1. The number of benzene rings is 1. The number of rotatable bonds is 7. The summed E-state index contributed by atoms with van der Waals surface area (Å²) in [6.07, 6.45) is 2.01. The molecule has 1 aliphatic rings. The van der Waals surface area contributed by atoms with Crippen LogP contribution >= 0.6 is 27.7 Å². The fourth-order valence-electron chi connectivity index (χ4n) is 2.42. The molecule has 5 heteroatoms. The SMILES string of the molecule is CC(C)NC(CSc1cccc(Br)c1)(C(=O)O)C1CC1. The number of nitrogens with one attached hydrogen (secondary N) is 1. The Morgan fingerprint density at radius 2 is 2.25 bits per heavy atom. The van der Waals surface area contributed by atoms with Gasteiger partial charge in [0, 0.05) is 21.2 Å². The first kappa shape index (κ1) is 15.9. The van der Waals surface area contributed by atoms with E-state index in [2.05, 4.69) is 21.2 Å². The lowest BCUT2D eigenvalue weighted by Gasteiger charge is -2.32. The fourth-order valence-corrected chi connectivity index (χ4v) is 4.19. The predicted molar refractivity (Wildman–Crippen MR) is 86.2 cm³/mol. The predicted octanol–water partition coefficient (Wildman–Crippen LogP) is 3.77. The van der Waals surface area contributed by atoms with Crippen molar-refractivity contribution < 1.29 is 9.90 Å². The van der Waals surface area contributed by atoms with Crippen LogP contribution in [0.2, 0.25) is 0 Å². The van der Waals surface area contributed by atoms with Crippen molar-refractivity contribution in [3.05, 3.63) is 28.7 Å². The Balaban J connectivity index is 2.13. The second kappa shape index (κ2) is 6.50. The first-order valence-corrected chi connectivity index (χ1v) is 8.61. The third kappa shape index (κ3) is 3.77. The van der Waals surface area contributed by atoms with Gasteiger partial charge in [-0.15, -0.1) is 11.8 Å². The molecule has 0 spiro atoms. The van der Waals surface area contributed by atoms with Crippen LogP contribution < -0.4 is 5.32 Å². The summed E-state index contributed by atoms with van der Waals surface area (Å²) >= 11 is 5.05. The van der Waals surface area contributed by atoms with E-state index in [-0.39, 0.29) is 12.0 Å². The second-order valence-corrected chi connectivity index (χ2v) is 7.56. The van der Waals surface area contributed by atoms with Crippen molar-refractivity contribution in [2.24, 2.45) is 5.92 Å². The van der Waals surface area contributed by atoms with Crippen molar-refractivity contribution in [2.75, 3.05) is 5.75 Å². The summed E-state index contributed by atoms with van der Waals surface area (Å²) < 4.78 is 1.02. The highest BCUT2D eigenvalue weighted by atomic mass is 79.9. The lowest BCUT2D eigenvalue weighted by molar-refractivity contribution is -0.145. The van der Waals surface area contributed by atoms with Gasteiger partial charge in [0.05, 0.1) is 0 Å². The van der Waals surface area contributed by atoms with Gasteiger partial charge in [0.1, 0.15) is 5.54 Å². The molecule has 0 amide bonds. The first-order chi connectivity index (χ1) is 9.44. The van der Waals surface area contributed by atoms with Crippen molar-refractivity contribution in [1.29, 1.82) is 0 Å². The van der Waals surface area contributed by atoms with E-state index in [0.29, 0.717) is 5.75 Å². The Morgan fingerprint density at radius 3 is 2.75 bits per heavy atom. The van der Waals surface area contributed by atoms with Crippen molar-refractivity contribution in [1.82, 2.24) is 5.32 Å². The molecule has 2 rings (SSSR count). The topological polar surface area (TPSA) is 49.3 Å². The van der Waals surface area contributed by atoms with Crippen LogP contribution in [0, 0.1) is 5.92 Å². The molecule has 1 aromatic rings. The minimum Gasteiger partial charge on any atom is -0.480 e. The molecule has 0 aromatic heterocycles. The average Bonchev–Trinajstić information content (AvgIpc) is 3.18. The summed E-state index contributed by atoms with van der Waals surface area (Å²) in [5.74, 6) is 0.0833. The first-order valence-electron chi connectivity index (χ1n) is 6.83. The maximum absolute atomic E-state index is 11.8. The van der Waals surface area contributed by atoms with Gasteiger partial charge in [0.15, 0.2) is 0 Å². The molecule has 1 aliphatic carbocycles. The zero-order valence-electron chi connectivity index (χ0n) is 11.7. The highest BCUT2D eigenvalue weighted by molar-refractivity contribution is 9.10. The van der Waals surface area contributed by atoms with Crippen molar-refractivity contribution in [3.63, 3.8) is 0 Å². The normalized spacial score (nSPS) is 18.0. The van der Waals surface area contributed by atoms with E-state index >= 15 is 0 Å². The smallest absolute Gasteiger partial charge is 0.325 e. The molecule has 1 fully saturated rings. The number of hydrogen-bond donors (Lipinski definition) is 2. The summed E-state index contributed by atoms with van der Waals surface area (Å²) in [7, 11) is 0. The van der Waals surface area contributed by atoms with E-state index in [4.69, 9.17) is 0 Å². The van der Waals surface area contributed by atoms with E-state index in [0.717, 1.165) is 22.2 Å². The van der Waals surface area contributed by atoms with Gasteiger partial charge in [-0.25, -0.2) is 0 Å². The average molecular weight is 358 g/mol. The number of aliphatic carboxylic acids is 1. The minimum absolute atomic E-state index is 0.162. The summed E-state index contributed by atoms with van der Waals surface area (Å²) in [5.41, 5.74) is -0.804. The van der Waals surface area contributed by atoms with Gasteiger partial charge in [-0.2, -0.15) is 0 Å². The van der Waals surface area contributed by atoms with E-state index in [9.17, 15) is 9.90 Å². The van der Waals surface area contributed by atoms with E-state index in [1.54, 1.807) is 11.8 Å². The van der Waals surface area contributed by atoms with Crippen LogP contribution in [-0.4, -0.2) is 28.4 Å². The summed E-state index contributed by atoms with van der Waals surface area (Å²) in [5, 5.41) is 13.0. The number of carbonyl (C=O) groups is 1. The summed E-state index contributed by atoms with van der Waals surface area (Å²) in [6.45, 7) is 4.01. The number of halogens is 1. The molecular formula is C15H20BrNO2S. The maximum atomic E-state index is 11.8. The van der Waals surface area contributed by atoms with Gasteiger partial charge >= 0.3 is 5.97 Å². The highest BCUT2D eigenvalue weighted by Crippen LogP contribution is 2.43. The molecule has 0 saturated heterocycles. The Kier molecular flexibility index (Phi) is 5.15. The Labute approximate surface area is 132 Å². The van der Waals surface area contributed by atoms with Crippen molar-refractivity contribution in [3.8, 4) is 0 Å². The molecule has 0 aliphatic heterocycles. The fraction of sp³-hybridized carbons (Fsp3) is 0.533. The van der Waals surface area contributed by atoms with Gasteiger partial charge in [0.2, 0.25) is 0 Å². The van der Waals surface area contributed by atoms with Gasteiger partial charge in [0.25, 0.3) is 0 Å². The zero-order chi connectivity index (χ0) is 14.8. The van der Waals surface area contributed by atoms with Crippen LogP contribution in [0.25, 0.3) is 0 Å². The molecule has 0 radical (unpaired) electrons. The van der Waals surface area contributed by atoms with Gasteiger partial charge in [-0.05, 0) is 50.8 Å². The summed E-state index contributed by atoms with van der Waals surface area (Å²) in [4.78, 5) is 12.9. The zero-order valence-corrected chi connectivity index (χ0v) is 14.1. The maximum Gasteiger partial charge on any atom is 0.325 e. The Bertz CT molecular complexity index is 491. The minimum atomic E-state index is -0.804. The van der Waals surface area contributed by atoms with Gasteiger partial charge in [-0.1, -0.05) is 22.0 Å². The lowest BCUT2D eigenvalue weighted by atomic mass is 9.94. The molecule has 110 valence electrons. The van der Waals surface area contributed by atoms with Gasteiger partial charge < -0.3 is 5.11 Å². The van der Waals surface area contributed by atoms with Crippen LogP contribution in [-0.2, 0) is 4.79 Å². The molecule has 1 unspecified atom stereocenters. The lowest BCUT2D eigenvalue weighted by Crippen LogP contribution is -2.58. The molecule has 0 bridgehead atoms. The van der Waals surface area contributed by atoms with Crippen LogP contribution in [0.15, 0.2) is 33.6 Å². The Hall–Kier alpha value is -0.520. The number of thioether (sulfide) groups is 1. The molecule has 1 atom stereocenters. The van der Waals surface area contributed by atoms with Crippen LogP contribution in [0.3, 0.4) is 0 Å². The highest BCUT2D eigenvalue weighted by Gasteiger charge is 2.51. The molecule has 2 N–H and O–H groups in total. The molecular weight excluding hydrogens is 338 g/mol. The molecule has 3 nitrogen and oxygen atoms in total. The Morgan fingerprint density at radius 1 is 1.55 bits per heavy atom. The third-order valence-corrected chi connectivity index (χ3v) is 5.14. The largest absolute Gasteiger partial charge is 0.480 e. The quantitative estimate of drug-likeness (QED) is 0.729. The van der Waals surface area contributed by atoms with Crippen molar-refractivity contribution >= 4 is 33.7 Å². The standard InChI is InChI=1S/C15H20BrNO2S/c1-10(2)17-15(14(18)19,11-6-7-11)9-20-13-5-3-4-12(16)8-13/h3-5,8,10-11,17H,6-7,9H2,1-2H3,(H,18,19). The van der Waals surface area contributed by atoms with E-state index in [1.807, 2.05) is 38.1 Å². The molecule has 1 saturated carbocycles. The van der Waals surface area contributed by atoms with Crippen LogP contribution in [0.4, 0.5) is 0 Å².